The maximum atomic E-state index is 12.2. The molecule has 5 unspecified atom stereocenters. The molecule has 0 aliphatic heterocycles. The number of hydrogen-bond donors (Lipinski definition) is 2. The zero-order valence-corrected chi connectivity index (χ0v) is 12.1. The molecule has 106 valence electrons. The number of allylic oxidation sites excluding steroid dienone is 1. The number of hydrogen-bond acceptors (Lipinski definition) is 3. The second kappa shape index (κ2) is 3.70. The van der Waals surface area contributed by atoms with Crippen LogP contribution in [0.4, 0.5) is 0 Å². The predicted octanol–water partition coefficient (Wildman–Crippen LogP) is 2.21. The molecule has 3 rings (SSSR count). The lowest BCUT2D eigenvalue weighted by molar-refractivity contribution is -0.186. The molecule has 0 heterocycles. The highest BCUT2D eigenvalue weighted by molar-refractivity contribution is 5.91. The highest BCUT2D eigenvalue weighted by Crippen LogP contribution is 2.67. The summed E-state index contributed by atoms with van der Waals surface area (Å²) in [7, 11) is 0. The molecule has 3 aliphatic rings. The van der Waals surface area contributed by atoms with Gasteiger partial charge in [-0.1, -0.05) is 19.9 Å². The van der Waals surface area contributed by atoms with Crippen LogP contribution in [0.2, 0.25) is 0 Å². The van der Waals surface area contributed by atoms with Crippen LogP contribution in [-0.2, 0) is 4.79 Å². The van der Waals surface area contributed by atoms with Gasteiger partial charge in [0.15, 0.2) is 5.78 Å². The molecule has 0 bridgehead atoms. The van der Waals surface area contributed by atoms with Crippen molar-refractivity contribution < 1.29 is 15.0 Å². The Morgan fingerprint density at radius 3 is 2.68 bits per heavy atom. The van der Waals surface area contributed by atoms with E-state index in [1.54, 1.807) is 0 Å². The summed E-state index contributed by atoms with van der Waals surface area (Å²) in [6, 6.07) is 0. The summed E-state index contributed by atoms with van der Waals surface area (Å²) in [4.78, 5) is 12.2. The maximum absolute atomic E-state index is 12.2. The van der Waals surface area contributed by atoms with Crippen LogP contribution in [0.1, 0.15) is 52.9 Å². The number of fused-ring (bicyclic) bond motifs is 3. The first-order valence-corrected chi connectivity index (χ1v) is 7.37. The molecule has 0 aromatic rings. The molecule has 0 aromatic carbocycles. The minimum Gasteiger partial charge on any atom is -0.389 e. The lowest BCUT2D eigenvalue weighted by atomic mass is 9.45. The molecule has 19 heavy (non-hydrogen) atoms. The monoisotopic (exact) mass is 264 g/mol. The summed E-state index contributed by atoms with van der Waals surface area (Å²) in [5, 5.41) is 21.2. The Morgan fingerprint density at radius 2 is 2.00 bits per heavy atom. The van der Waals surface area contributed by atoms with Crippen LogP contribution in [0.25, 0.3) is 0 Å². The second-order valence-corrected chi connectivity index (χ2v) is 7.31. The van der Waals surface area contributed by atoms with Crippen LogP contribution in [0.15, 0.2) is 11.6 Å². The zero-order chi connectivity index (χ0) is 14.1. The van der Waals surface area contributed by atoms with Crippen LogP contribution >= 0.6 is 0 Å². The quantitative estimate of drug-likeness (QED) is 0.660. The number of carbonyl (C=O) groups is 1. The van der Waals surface area contributed by atoms with Crippen molar-refractivity contribution in [1.82, 2.24) is 0 Å². The molecular formula is C16H24O3. The van der Waals surface area contributed by atoms with Crippen molar-refractivity contribution >= 4 is 5.78 Å². The van der Waals surface area contributed by atoms with Gasteiger partial charge in [0, 0.05) is 11.8 Å². The number of aliphatic hydroxyl groups excluding tert-OH is 1. The third-order valence-corrected chi connectivity index (χ3v) is 6.73. The Hall–Kier alpha value is -0.670. The summed E-state index contributed by atoms with van der Waals surface area (Å²) >= 11 is 0. The average Bonchev–Trinajstić information content (AvgIpc) is 2.58. The molecule has 3 heteroatoms. The fourth-order valence-corrected chi connectivity index (χ4v) is 4.99. The molecule has 0 radical (unpaired) electrons. The topological polar surface area (TPSA) is 57.5 Å². The lowest BCUT2D eigenvalue weighted by Gasteiger charge is -2.60. The summed E-state index contributed by atoms with van der Waals surface area (Å²) in [5.41, 5.74) is -0.721. The molecule has 3 aliphatic carbocycles. The molecule has 5 atom stereocenters. The van der Waals surface area contributed by atoms with Crippen molar-refractivity contribution in [3.05, 3.63) is 11.6 Å². The van der Waals surface area contributed by atoms with E-state index in [4.69, 9.17) is 0 Å². The van der Waals surface area contributed by atoms with E-state index in [0.29, 0.717) is 25.2 Å². The Balaban J connectivity index is 2.11. The van der Waals surface area contributed by atoms with Crippen molar-refractivity contribution in [3.8, 4) is 0 Å². The van der Waals surface area contributed by atoms with Crippen molar-refractivity contribution in [2.24, 2.45) is 16.7 Å². The number of Topliss-reactive ketones (excluding diaryl/α,β-unsaturated/α-hetero) is 1. The van der Waals surface area contributed by atoms with E-state index in [1.807, 2.05) is 6.92 Å². The molecular weight excluding hydrogens is 240 g/mol. The predicted molar refractivity (Wildman–Crippen MR) is 72.5 cm³/mol. The highest BCUT2D eigenvalue weighted by atomic mass is 16.3. The van der Waals surface area contributed by atoms with E-state index < -0.39 is 17.1 Å². The zero-order valence-electron chi connectivity index (χ0n) is 12.1. The Bertz CT molecular complexity index is 469. The van der Waals surface area contributed by atoms with Crippen molar-refractivity contribution in [2.45, 2.75) is 64.6 Å². The number of ketones is 1. The minimum absolute atomic E-state index is 0.00967. The maximum Gasteiger partial charge on any atom is 0.164 e. The first-order valence-electron chi connectivity index (χ1n) is 7.37. The van der Waals surface area contributed by atoms with Crippen LogP contribution in [0.5, 0.6) is 0 Å². The van der Waals surface area contributed by atoms with Gasteiger partial charge in [-0.15, -0.1) is 0 Å². The van der Waals surface area contributed by atoms with Gasteiger partial charge in [0.05, 0.1) is 6.10 Å². The first-order chi connectivity index (χ1) is 8.74. The van der Waals surface area contributed by atoms with Gasteiger partial charge in [0.1, 0.15) is 5.60 Å². The van der Waals surface area contributed by atoms with Crippen molar-refractivity contribution in [3.63, 3.8) is 0 Å². The van der Waals surface area contributed by atoms with Gasteiger partial charge >= 0.3 is 0 Å². The summed E-state index contributed by atoms with van der Waals surface area (Å²) < 4.78 is 0. The van der Waals surface area contributed by atoms with Gasteiger partial charge in [-0.2, -0.15) is 0 Å². The number of carbonyl (C=O) groups excluding carboxylic acids is 1. The Morgan fingerprint density at radius 1 is 1.32 bits per heavy atom. The van der Waals surface area contributed by atoms with E-state index in [-0.39, 0.29) is 11.2 Å². The van der Waals surface area contributed by atoms with Gasteiger partial charge in [-0.25, -0.2) is 0 Å². The van der Waals surface area contributed by atoms with Crippen LogP contribution in [-0.4, -0.2) is 27.7 Å². The average molecular weight is 264 g/mol. The molecule has 2 N–H and O–H groups in total. The third kappa shape index (κ3) is 1.38. The van der Waals surface area contributed by atoms with E-state index >= 15 is 0 Å². The lowest BCUT2D eigenvalue weighted by Crippen LogP contribution is -2.62. The fraction of sp³-hybridized carbons (Fsp3) is 0.812. The minimum atomic E-state index is -1.17. The summed E-state index contributed by atoms with van der Waals surface area (Å²) in [5.74, 6) is 0.377. The van der Waals surface area contributed by atoms with Crippen LogP contribution < -0.4 is 0 Å². The normalized spacial score (nSPS) is 53.5. The SMILES string of the molecule is CC1=CC2CCC3(O)C(=O)CCC3(C)C2(C)CC1O. The molecule has 0 amide bonds. The Labute approximate surface area is 114 Å². The molecule has 2 saturated carbocycles. The fourth-order valence-electron chi connectivity index (χ4n) is 4.99. The summed E-state index contributed by atoms with van der Waals surface area (Å²) in [6.07, 6.45) is 5.05. The molecule has 0 spiro atoms. The first kappa shape index (κ1) is 13.3. The van der Waals surface area contributed by atoms with Gasteiger partial charge < -0.3 is 10.2 Å². The van der Waals surface area contributed by atoms with Crippen molar-refractivity contribution in [1.29, 1.82) is 0 Å². The molecule has 2 fully saturated rings. The second-order valence-electron chi connectivity index (χ2n) is 7.31. The number of rotatable bonds is 0. The van der Waals surface area contributed by atoms with E-state index in [0.717, 1.165) is 18.4 Å². The molecule has 0 saturated heterocycles. The Kier molecular flexibility index (Phi) is 2.60. The molecule has 0 aromatic heterocycles. The van der Waals surface area contributed by atoms with E-state index in [1.165, 1.54) is 0 Å². The van der Waals surface area contributed by atoms with E-state index in [2.05, 4.69) is 19.9 Å². The largest absolute Gasteiger partial charge is 0.389 e. The van der Waals surface area contributed by atoms with Crippen molar-refractivity contribution in [2.75, 3.05) is 0 Å². The van der Waals surface area contributed by atoms with E-state index in [9.17, 15) is 15.0 Å². The molecule has 3 nitrogen and oxygen atoms in total. The van der Waals surface area contributed by atoms with Gasteiger partial charge in [-0.3, -0.25) is 4.79 Å². The van der Waals surface area contributed by atoms with Gasteiger partial charge in [0.2, 0.25) is 0 Å². The number of aliphatic hydroxyl groups is 2. The van der Waals surface area contributed by atoms with Crippen LogP contribution in [0, 0.1) is 16.7 Å². The highest BCUT2D eigenvalue weighted by Gasteiger charge is 2.68. The van der Waals surface area contributed by atoms with Gasteiger partial charge in [-0.05, 0) is 49.5 Å². The third-order valence-electron chi connectivity index (χ3n) is 6.73. The smallest absolute Gasteiger partial charge is 0.164 e. The summed E-state index contributed by atoms with van der Waals surface area (Å²) in [6.45, 7) is 6.20. The van der Waals surface area contributed by atoms with Gasteiger partial charge in [0.25, 0.3) is 0 Å². The van der Waals surface area contributed by atoms with Crippen LogP contribution in [0.3, 0.4) is 0 Å². The standard InChI is InChI=1S/C16H24O3/c1-10-8-11-4-7-16(19)13(18)5-6-15(16,3)14(11,2)9-12(10)17/h8,11-12,17,19H,4-7,9H2,1-3H3.